The molecule has 32 heavy (non-hydrogen) atoms. The molecule has 6 heteroatoms. The molecule has 2 aliphatic rings. The summed E-state index contributed by atoms with van der Waals surface area (Å²) in [6.07, 6.45) is 4.66. The zero-order valence-electron chi connectivity index (χ0n) is 18.8. The molecule has 0 radical (unpaired) electrons. The van der Waals surface area contributed by atoms with Gasteiger partial charge in [0.05, 0.1) is 24.2 Å². The normalized spacial score (nSPS) is 21.2. The molecule has 2 aromatic rings. The molecule has 0 amide bonds. The third kappa shape index (κ3) is 3.55. The number of phenolic OH excluding ortho intramolecular Hbond substituents is 1. The van der Waals surface area contributed by atoms with Gasteiger partial charge in [-0.25, -0.2) is 4.79 Å². The summed E-state index contributed by atoms with van der Waals surface area (Å²) in [5, 5.41) is 11.5. The molecule has 1 N–H and O–H groups in total. The number of hydrogen-bond donors (Lipinski definition) is 1. The van der Waals surface area contributed by atoms with Crippen molar-refractivity contribution < 1.29 is 28.9 Å². The maximum atomic E-state index is 13.2. The number of carbonyl (C=O) groups is 2. The number of phenols is 1. The van der Waals surface area contributed by atoms with E-state index < -0.39 is 17.5 Å². The van der Waals surface area contributed by atoms with E-state index in [4.69, 9.17) is 14.2 Å². The first-order chi connectivity index (χ1) is 15.1. The summed E-state index contributed by atoms with van der Waals surface area (Å²) < 4.78 is 17.2. The smallest absolute Gasteiger partial charge is 0.331 e. The number of methoxy groups -OCH3 is 1. The number of benzene rings is 2. The van der Waals surface area contributed by atoms with Gasteiger partial charge in [0.15, 0.2) is 5.78 Å². The molecular formula is C26H26O6. The van der Waals surface area contributed by atoms with E-state index >= 15 is 0 Å². The molecule has 2 aliphatic heterocycles. The Kier molecular flexibility index (Phi) is 5.33. The van der Waals surface area contributed by atoms with Gasteiger partial charge in [-0.2, -0.15) is 0 Å². The van der Waals surface area contributed by atoms with E-state index in [-0.39, 0.29) is 28.8 Å². The van der Waals surface area contributed by atoms with Crippen molar-refractivity contribution in [3.05, 3.63) is 64.7 Å². The number of aromatic hydroxyl groups is 1. The van der Waals surface area contributed by atoms with Crippen LogP contribution in [0.2, 0.25) is 0 Å². The molecule has 0 spiro atoms. The van der Waals surface area contributed by atoms with Gasteiger partial charge in [0.25, 0.3) is 0 Å². The van der Waals surface area contributed by atoms with Crippen LogP contribution < -0.4 is 9.47 Å². The van der Waals surface area contributed by atoms with Crippen LogP contribution in [-0.2, 0) is 9.53 Å². The molecule has 0 aliphatic carbocycles. The molecule has 2 heterocycles. The summed E-state index contributed by atoms with van der Waals surface area (Å²) >= 11 is 0. The van der Waals surface area contributed by atoms with E-state index in [1.165, 1.54) is 13.2 Å². The molecule has 4 rings (SSSR count). The summed E-state index contributed by atoms with van der Waals surface area (Å²) in [5.74, 6) is -0.869. The van der Waals surface area contributed by atoms with Gasteiger partial charge < -0.3 is 19.3 Å². The highest BCUT2D eigenvalue weighted by Gasteiger charge is 2.41. The minimum atomic E-state index is -0.674. The van der Waals surface area contributed by atoms with Gasteiger partial charge in [-0.3, -0.25) is 4.79 Å². The summed E-state index contributed by atoms with van der Waals surface area (Å²) in [7, 11) is 1.28. The SMILES string of the molecule is COC(=O)/C=C(/c1ccccc1)c1c(O)c2c(c3c1OC(C)(C)C=C3)O[C@@H](C)[C@H](C)C2=O. The Bertz CT molecular complexity index is 1160. The molecule has 0 aromatic heterocycles. The molecule has 166 valence electrons. The predicted molar refractivity (Wildman–Crippen MR) is 121 cm³/mol. The van der Waals surface area contributed by atoms with Gasteiger partial charge in [0.1, 0.15) is 34.5 Å². The Labute approximate surface area is 187 Å². The first-order valence-corrected chi connectivity index (χ1v) is 10.5. The van der Waals surface area contributed by atoms with Crippen molar-refractivity contribution in [3.63, 3.8) is 0 Å². The lowest BCUT2D eigenvalue weighted by Crippen LogP contribution is -2.35. The molecular weight excluding hydrogens is 408 g/mol. The van der Waals surface area contributed by atoms with Gasteiger partial charge in [-0.05, 0) is 38.5 Å². The van der Waals surface area contributed by atoms with E-state index in [1.807, 2.05) is 63.3 Å². The van der Waals surface area contributed by atoms with Crippen LogP contribution >= 0.6 is 0 Å². The van der Waals surface area contributed by atoms with Crippen LogP contribution in [0.3, 0.4) is 0 Å². The first-order valence-electron chi connectivity index (χ1n) is 10.5. The van der Waals surface area contributed by atoms with Crippen molar-refractivity contribution in [2.24, 2.45) is 5.92 Å². The summed E-state index contributed by atoms with van der Waals surface area (Å²) in [4.78, 5) is 25.5. The maximum absolute atomic E-state index is 13.2. The summed E-state index contributed by atoms with van der Waals surface area (Å²) in [5.41, 5.74) is 1.30. The number of ether oxygens (including phenoxy) is 3. The average Bonchev–Trinajstić information content (AvgIpc) is 2.76. The Morgan fingerprint density at radius 2 is 1.84 bits per heavy atom. The second-order valence-corrected chi connectivity index (χ2v) is 8.63. The van der Waals surface area contributed by atoms with Crippen molar-refractivity contribution >= 4 is 23.4 Å². The second kappa shape index (κ2) is 7.86. The Balaban J connectivity index is 2.10. The third-order valence-electron chi connectivity index (χ3n) is 5.92. The van der Waals surface area contributed by atoms with Gasteiger partial charge in [-0.1, -0.05) is 37.3 Å². The lowest BCUT2D eigenvalue weighted by molar-refractivity contribution is -0.134. The monoisotopic (exact) mass is 434 g/mol. The second-order valence-electron chi connectivity index (χ2n) is 8.63. The van der Waals surface area contributed by atoms with E-state index in [0.717, 1.165) is 0 Å². The minimum Gasteiger partial charge on any atom is -0.506 e. The Morgan fingerprint density at radius 3 is 2.50 bits per heavy atom. The van der Waals surface area contributed by atoms with Crippen molar-refractivity contribution in [2.75, 3.05) is 7.11 Å². The lowest BCUT2D eigenvalue weighted by Gasteiger charge is -2.35. The molecule has 0 saturated heterocycles. The van der Waals surface area contributed by atoms with E-state index in [2.05, 4.69) is 0 Å². The predicted octanol–water partition coefficient (Wildman–Crippen LogP) is 4.78. The van der Waals surface area contributed by atoms with Gasteiger partial charge in [0, 0.05) is 11.6 Å². The molecule has 2 aromatic carbocycles. The van der Waals surface area contributed by atoms with Crippen molar-refractivity contribution in [2.45, 2.75) is 39.4 Å². The number of carbonyl (C=O) groups excluding carboxylic acids is 2. The average molecular weight is 434 g/mol. The van der Waals surface area contributed by atoms with Crippen LogP contribution in [-0.4, -0.2) is 35.7 Å². The summed E-state index contributed by atoms with van der Waals surface area (Å²) in [6, 6.07) is 9.13. The number of rotatable bonds is 3. The quantitative estimate of drug-likeness (QED) is 0.553. The van der Waals surface area contributed by atoms with E-state index in [0.29, 0.717) is 28.2 Å². The third-order valence-corrected chi connectivity index (χ3v) is 5.92. The fourth-order valence-corrected chi connectivity index (χ4v) is 3.98. The number of hydrogen-bond acceptors (Lipinski definition) is 6. The van der Waals surface area contributed by atoms with Crippen LogP contribution in [0, 0.1) is 5.92 Å². The standard InChI is InChI=1S/C26H26O6/c1-14-15(2)31-24-17-11-12-26(3,4)32-25(17)20(23(29)21(24)22(14)28)18(13-19(27)30-5)16-9-7-6-8-10-16/h6-15,29H,1-5H3/b18-13-/t14-,15-/m0/s1. The van der Waals surface area contributed by atoms with Crippen LogP contribution in [0.15, 0.2) is 42.5 Å². The Hall–Kier alpha value is -3.54. The van der Waals surface area contributed by atoms with Crippen LogP contribution in [0.5, 0.6) is 17.2 Å². The zero-order chi connectivity index (χ0) is 23.2. The number of ketones is 1. The van der Waals surface area contributed by atoms with Crippen molar-refractivity contribution in [3.8, 4) is 17.2 Å². The van der Waals surface area contributed by atoms with Crippen LogP contribution in [0.4, 0.5) is 0 Å². The molecule has 0 bridgehead atoms. The molecule has 0 fully saturated rings. The summed E-state index contributed by atoms with van der Waals surface area (Å²) in [6.45, 7) is 7.37. The van der Waals surface area contributed by atoms with E-state index in [9.17, 15) is 14.7 Å². The van der Waals surface area contributed by atoms with Crippen molar-refractivity contribution in [1.29, 1.82) is 0 Å². The topological polar surface area (TPSA) is 82.1 Å². The molecule has 0 unspecified atom stereocenters. The van der Waals surface area contributed by atoms with Crippen LogP contribution in [0.25, 0.3) is 11.6 Å². The Morgan fingerprint density at radius 1 is 1.16 bits per heavy atom. The first kappa shape index (κ1) is 21.7. The number of fused-ring (bicyclic) bond motifs is 3. The highest BCUT2D eigenvalue weighted by molar-refractivity contribution is 6.09. The molecule has 2 atom stereocenters. The van der Waals surface area contributed by atoms with Crippen molar-refractivity contribution in [1.82, 2.24) is 0 Å². The van der Waals surface area contributed by atoms with Gasteiger partial charge in [-0.15, -0.1) is 0 Å². The highest BCUT2D eigenvalue weighted by Crippen LogP contribution is 2.53. The zero-order valence-corrected chi connectivity index (χ0v) is 18.8. The maximum Gasteiger partial charge on any atom is 0.331 e. The minimum absolute atomic E-state index is 0.101. The molecule has 6 nitrogen and oxygen atoms in total. The van der Waals surface area contributed by atoms with Crippen LogP contribution in [0.1, 0.15) is 54.7 Å². The number of Topliss-reactive ketones (excluding diaryl/α,β-unsaturated/α-hetero) is 1. The molecule has 0 saturated carbocycles. The fourth-order valence-electron chi connectivity index (χ4n) is 3.98. The van der Waals surface area contributed by atoms with Gasteiger partial charge >= 0.3 is 5.97 Å². The largest absolute Gasteiger partial charge is 0.506 e. The highest BCUT2D eigenvalue weighted by atomic mass is 16.5. The van der Waals surface area contributed by atoms with Gasteiger partial charge in [0.2, 0.25) is 0 Å². The lowest BCUT2D eigenvalue weighted by atomic mass is 9.83. The van der Waals surface area contributed by atoms with E-state index in [1.54, 1.807) is 6.92 Å². The fraction of sp³-hybridized carbons (Fsp3) is 0.308. The number of esters is 1.